The molecule has 0 unspecified atom stereocenters. The zero-order valence-corrected chi connectivity index (χ0v) is 10.4. The Labute approximate surface area is 110 Å². The van der Waals surface area contributed by atoms with Gasteiger partial charge in [-0.3, -0.25) is 15.6 Å². The van der Waals surface area contributed by atoms with E-state index < -0.39 is 0 Å². The summed E-state index contributed by atoms with van der Waals surface area (Å²) in [5.41, 5.74) is 3.44. The van der Waals surface area contributed by atoms with Gasteiger partial charge in [-0.25, -0.2) is 4.98 Å². The summed E-state index contributed by atoms with van der Waals surface area (Å²) in [4.78, 5) is 23.0. The van der Waals surface area contributed by atoms with Gasteiger partial charge in [0.15, 0.2) is 0 Å². The van der Waals surface area contributed by atoms with Crippen molar-refractivity contribution in [2.24, 2.45) is 5.84 Å². The molecule has 2 aromatic heterocycles. The molecular formula is C12H16N6O. The van der Waals surface area contributed by atoms with E-state index in [4.69, 9.17) is 5.84 Å². The average molecular weight is 260 g/mol. The number of hydrogen-bond donors (Lipinski definition) is 4. The fraction of sp³-hybridized carbons (Fsp3) is 0.250. The minimum atomic E-state index is -0.171. The Hall–Kier alpha value is -2.41. The summed E-state index contributed by atoms with van der Waals surface area (Å²) in [7, 11) is 0. The number of nitrogens with zero attached hydrogens (tertiary/aromatic N) is 2. The van der Waals surface area contributed by atoms with Crippen LogP contribution in [0.4, 0.5) is 5.69 Å². The molecule has 1 amide bonds. The number of H-pyrrole nitrogens is 1. The van der Waals surface area contributed by atoms with Crippen LogP contribution in [0, 0.1) is 0 Å². The fourth-order valence-corrected chi connectivity index (χ4v) is 1.70. The summed E-state index contributed by atoms with van der Waals surface area (Å²) in [6.45, 7) is 0.575. The molecule has 2 heterocycles. The molecule has 0 bridgehead atoms. The van der Waals surface area contributed by atoms with E-state index in [1.165, 1.54) is 6.20 Å². The van der Waals surface area contributed by atoms with Gasteiger partial charge in [0.25, 0.3) is 5.91 Å². The molecule has 0 saturated carbocycles. The van der Waals surface area contributed by atoms with Crippen molar-refractivity contribution < 1.29 is 4.79 Å². The van der Waals surface area contributed by atoms with E-state index in [0.29, 0.717) is 17.8 Å². The molecular weight excluding hydrogens is 244 g/mol. The molecule has 0 aliphatic heterocycles. The van der Waals surface area contributed by atoms with Gasteiger partial charge in [0.2, 0.25) is 0 Å². The predicted octanol–water partition coefficient (Wildman–Crippen LogP) is 0.453. The lowest BCUT2D eigenvalue weighted by Crippen LogP contribution is -2.26. The second-order valence-electron chi connectivity index (χ2n) is 3.96. The van der Waals surface area contributed by atoms with E-state index >= 15 is 0 Å². The zero-order valence-electron chi connectivity index (χ0n) is 10.4. The van der Waals surface area contributed by atoms with Crippen molar-refractivity contribution in [2.75, 3.05) is 12.0 Å². The van der Waals surface area contributed by atoms with Crippen LogP contribution in [0.5, 0.6) is 0 Å². The minimum absolute atomic E-state index is 0.171. The topological polar surface area (TPSA) is 109 Å². The first-order valence-electron chi connectivity index (χ1n) is 5.98. The number of aromatic amines is 1. The summed E-state index contributed by atoms with van der Waals surface area (Å²) in [5.74, 6) is 6.07. The maximum Gasteiger partial charge on any atom is 0.253 e. The van der Waals surface area contributed by atoms with E-state index in [-0.39, 0.29) is 5.91 Å². The van der Waals surface area contributed by atoms with Crippen LogP contribution >= 0.6 is 0 Å². The molecule has 19 heavy (non-hydrogen) atoms. The molecule has 0 spiro atoms. The lowest BCUT2D eigenvalue weighted by molar-refractivity contribution is 0.0954. The average Bonchev–Trinajstić information content (AvgIpc) is 2.96. The molecule has 0 radical (unpaired) electrons. The molecule has 2 aromatic rings. The van der Waals surface area contributed by atoms with Crippen molar-refractivity contribution in [3.05, 3.63) is 42.2 Å². The summed E-state index contributed by atoms with van der Waals surface area (Å²) in [6.07, 6.45) is 8.17. The number of nitrogen functional groups attached to an aromatic ring is 1. The van der Waals surface area contributed by atoms with Gasteiger partial charge in [-0.2, -0.15) is 0 Å². The van der Waals surface area contributed by atoms with Crippen molar-refractivity contribution in [1.29, 1.82) is 0 Å². The highest BCUT2D eigenvalue weighted by Crippen LogP contribution is 2.11. The Bertz CT molecular complexity index is 525. The van der Waals surface area contributed by atoms with Crippen molar-refractivity contribution in [1.82, 2.24) is 20.3 Å². The molecule has 0 saturated heterocycles. The Morgan fingerprint density at radius 1 is 1.42 bits per heavy atom. The monoisotopic (exact) mass is 260 g/mol. The first-order chi connectivity index (χ1) is 9.31. The SMILES string of the molecule is NNc1cnccc1C(=O)NCCCc1ncc[nH]1. The lowest BCUT2D eigenvalue weighted by Gasteiger charge is -2.08. The largest absolute Gasteiger partial charge is 0.352 e. The maximum atomic E-state index is 11.9. The molecule has 100 valence electrons. The number of aromatic nitrogens is 3. The van der Waals surface area contributed by atoms with Crippen LogP contribution in [0.2, 0.25) is 0 Å². The number of anilines is 1. The first kappa shape index (κ1) is 13.0. The number of carbonyl (C=O) groups excluding carboxylic acids is 1. The van der Waals surface area contributed by atoms with E-state index in [0.717, 1.165) is 18.7 Å². The third kappa shape index (κ3) is 3.52. The van der Waals surface area contributed by atoms with E-state index in [1.54, 1.807) is 24.7 Å². The van der Waals surface area contributed by atoms with E-state index in [2.05, 4.69) is 25.7 Å². The van der Waals surface area contributed by atoms with Crippen LogP contribution in [0.25, 0.3) is 0 Å². The normalized spacial score (nSPS) is 10.2. The number of aryl methyl sites for hydroxylation is 1. The number of amides is 1. The molecule has 7 heteroatoms. The maximum absolute atomic E-state index is 11.9. The van der Waals surface area contributed by atoms with Crippen LogP contribution in [0.15, 0.2) is 30.9 Å². The second-order valence-corrected chi connectivity index (χ2v) is 3.96. The third-order valence-electron chi connectivity index (χ3n) is 2.65. The van der Waals surface area contributed by atoms with Crippen molar-refractivity contribution in [3.63, 3.8) is 0 Å². The quantitative estimate of drug-likeness (QED) is 0.342. The van der Waals surface area contributed by atoms with Crippen molar-refractivity contribution in [2.45, 2.75) is 12.8 Å². The number of carbonyl (C=O) groups is 1. The molecule has 7 nitrogen and oxygen atoms in total. The van der Waals surface area contributed by atoms with E-state index in [1.807, 2.05) is 0 Å². The highest BCUT2D eigenvalue weighted by atomic mass is 16.1. The fourth-order valence-electron chi connectivity index (χ4n) is 1.70. The molecule has 0 atom stereocenters. The summed E-state index contributed by atoms with van der Waals surface area (Å²) in [6, 6.07) is 1.62. The van der Waals surface area contributed by atoms with Gasteiger partial charge in [0, 0.05) is 31.6 Å². The van der Waals surface area contributed by atoms with Gasteiger partial charge >= 0.3 is 0 Å². The summed E-state index contributed by atoms with van der Waals surface area (Å²) >= 11 is 0. The predicted molar refractivity (Wildman–Crippen MR) is 71.3 cm³/mol. The second kappa shape index (κ2) is 6.50. The molecule has 0 aliphatic carbocycles. The van der Waals surface area contributed by atoms with Crippen molar-refractivity contribution >= 4 is 11.6 Å². The Kier molecular flexibility index (Phi) is 4.46. The molecule has 0 aromatic carbocycles. The first-order valence-corrected chi connectivity index (χ1v) is 5.98. The highest BCUT2D eigenvalue weighted by Gasteiger charge is 2.09. The molecule has 0 aliphatic rings. The molecule has 5 N–H and O–H groups in total. The summed E-state index contributed by atoms with van der Waals surface area (Å²) in [5, 5.41) is 2.83. The van der Waals surface area contributed by atoms with Crippen LogP contribution in [0.3, 0.4) is 0 Å². The lowest BCUT2D eigenvalue weighted by atomic mass is 10.2. The Morgan fingerprint density at radius 3 is 3.05 bits per heavy atom. The highest BCUT2D eigenvalue weighted by molar-refractivity contribution is 5.99. The molecule has 2 rings (SSSR count). The van der Waals surface area contributed by atoms with Gasteiger partial charge in [-0.1, -0.05) is 0 Å². The summed E-state index contributed by atoms with van der Waals surface area (Å²) < 4.78 is 0. The van der Waals surface area contributed by atoms with Crippen LogP contribution in [-0.2, 0) is 6.42 Å². The number of pyridine rings is 1. The van der Waals surface area contributed by atoms with Gasteiger partial charge in [-0.05, 0) is 12.5 Å². The Balaban J connectivity index is 1.81. The van der Waals surface area contributed by atoms with Crippen LogP contribution in [-0.4, -0.2) is 27.4 Å². The number of hydrogen-bond acceptors (Lipinski definition) is 5. The third-order valence-corrected chi connectivity index (χ3v) is 2.65. The minimum Gasteiger partial charge on any atom is -0.352 e. The number of nitrogens with two attached hydrogens (primary N) is 1. The number of nitrogens with one attached hydrogen (secondary N) is 3. The standard InChI is InChI=1S/C12H16N6O/c13-18-10-8-14-5-3-9(10)12(19)17-4-1-2-11-15-6-7-16-11/h3,5-8,18H,1-2,4,13H2,(H,15,16)(H,17,19). The zero-order chi connectivity index (χ0) is 13.5. The number of rotatable bonds is 6. The Morgan fingerprint density at radius 2 is 2.32 bits per heavy atom. The van der Waals surface area contributed by atoms with Gasteiger partial charge in [0.1, 0.15) is 5.82 Å². The van der Waals surface area contributed by atoms with Crippen LogP contribution in [0.1, 0.15) is 22.6 Å². The van der Waals surface area contributed by atoms with Gasteiger partial charge in [0.05, 0.1) is 17.4 Å². The van der Waals surface area contributed by atoms with E-state index in [9.17, 15) is 4.79 Å². The van der Waals surface area contributed by atoms with Gasteiger partial charge in [-0.15, -0.1) is 0 Å². The number of imidazole rings is 1. The smallest absolute Gasteiger partial charge is 0.253 e. The number of hydrazine groups is 1. The van der Waals surface area contributed by atoms with Gasteiger partial charge < -0.3 is 15.7 Å². The van der Waals surface area contributed by atoms with Crippen molar-refractivity contribution in [3.8, 4) is 0 Å². The van der Waals surface area contributed by atoms with Crippen LogP contribution < -0.4 is 16.6 Å². The molecule has 0 fully saturated rings.